The van der Waals surface area contributed by atoms with Crippen LogP contribution in [0.3, 0.4) is 0 Å². The van der Waals surface area contributed by atoms with Crippen molar-refractivity contribution in [1.82, 2.24) is 15.5 Å². The number of urea groups is 1. The molecule has 1 aliphatic heterocycles. The van der Waals surface area contributed by atoms with E-state index in [1.807, 2.05) is 24.3 Å². The van der Waals surface area contributed by atoms with Gasteiger partial charge in [0.25, 0.3) is 0 Å². The Kier molecular flexibility index (Phi) is 5.25. The molecule has 2 aliphatic rings. The van der Waals surface area contributed by atoms with Crippen molar-refractivity contribution in [3.8, 4) is 0 Å². The monoisotopic (exact) mass is 353 g/mol. The first-order valence-electron chi connectivity index (χ1n) is 9.70. The van der Waals surface area contributed by atoms with Gasteiger partial charge in [0.15, 0.2) is 0 Å². The Labute approximate surface area is 154 Å². The van der Waals surface area contributed by atoms with Crippen LogP contribution < -0.4 is 10.6 Å². The first-order chi connectivity index (χ1) is 12.8. The van der Waals surface area contributed by atoms with Crippen LogP contribution >= 0.6 is 0 Å². The molecule has 26 heavy (non-hydrogen) atoms. The smallest absolute Gasteiger partial charge is 0.315 e. The summed E-state index contributed by atoms with van der Waals surface area (Å²) in [5.74, 6) is 1.01. The maximum atomic E-state index is 12.7. The molecule has 0 spiro atoms. The van der Waals surface area contributed by atoms with E-state index in [2.05, 4.69) is 27.7 Å². The summed E-state index contributed by atoms with van der Waals surface area (Å²) in [7, 11) is 0. The van der Waals surface area contributed by atoms with Crippen molar-refractivity contribution < 1.29 is 9.21 Å². The van der Waals surface area contributed by atoms with E-state index in [-0.39, 0.29) is 18.1 Å². The Bertz CT molecular complexity index is 722. The van der Waals surface area contributed by atoms with Crippen LogP contribution in [0.15, 0.2) is 47.1 Å². The number of hydrogen-bond donors (Lipinski definition) is 2. The van der Waals surface area contributed by atoms with Gasteiger partial charge in [0.2, 0.25) is 0 Å². The highest BCUT2D eigenvalue weighted by Crippen LogP contribution is 2.30. The van der Waals surface area contributed by atoms with Gasteiger partial charge in [-0.15, -0.1) is 0 Å². The number of benzene rings is 1. The van der Waals surface area contributed by atoms with Gasteiger partial charge in [-0.3, -0.25) is 0 Å². The lowest BCUT2D eigenvalue weighted by molar-refractivity contribution is 0.224. The van der Waals surface area contributed by atoms with Gasteiger partial charge in [-0.1, -0.05) is 30.3 Å². The van der Waals surface area contributed by atoms with Crippen molar-refractivity contribution in [3.05, 3.63) is 59.5 Å². The molecule has 4 rings (SSSR count). The minimum atomic E-state index is -0.0999. The van der Waals surface area contributed by atoms with Crippen LogP contribution in [0.5, 0.6) is 0 Å². The lowest BCUT2D eigenvalue weighted by Gasteiger charge is -2.27. The van der Waals surface area contributed by atoms with Gasteiger partial charge in [0, 0.05) is 18.5 Å². The van der Waals surface area contributed by atoms with Gasteiger partial charge in [0.1, 0.15) is 5.76 Å². The molecule has 1 aliphatic carbocycles. The molecule has 138 valence electrons. The lowest BCUT2D eigenvalue weighted by Crippen LogP contribution is -2.43. The van der Waals surface area contributed by atoms with E-state index in [0.717, 1.165) is 55.8 Å². The molecule has 0 saturated carbocycles. The summed E-state index contributed by atoms with van der Waals surface area (Å²) >= 11 is 0. The van der Waals surface area contributed by atoms with Crippen LogP contribution in [0, 0.1) is 0 Å². The number of likely N-dealkylation sites (tertiary alicyclic amines) is 1. The number of fused-ring (bicyclic) bond motifs is 1. The molecule has 2 atom stereocenters. The van der Waals surface area contributed by atoms with E-state index in [9.17, 15) is 4.79 Å². The summed E-state index contributed by atoms with van der Waals surface area (Å²) in [6.45, 7) is 3.10. The van der Waals surface area contributed by atoms with E-state index in [0.29, 0.717) is 0 Å². The number of nitrogens with one attached hydrogen (secondary N) is 2. The van der Waals surface area contributed by atoms with Gasteiger partial charge < -0.3 is 20.0 Å². The van der Waals surface area contributed by atoms with Crippen molar-refractivity contribution >= 4 is 6.03 Å². The van der Waals surface area contributed by atoms with Crippen LogP contribution in [0.25, 0.3) is 0 Å². The van der Waals surface area contributed by atoms with Crippen molar-refractivity contribution in [2.24, 2.45) is 0 Å². The first-order valence-corrected chi connectivity index (χ1v) is 9.70. The number of carbonyl (C=O) groups is 1. The number of furan rings is 1. The Morgan fingerprint density at radius 2 is 1.96 bits per heavy atom. The number of amides is 2. The Morgan fingerprint density at radius 1 is 1.15 bits per heavy atom. The predicted octanol–water partition coefficient (Wildman–Crippen LogP) is 3.79. The van der Waals surface area contributed by atoms with Gasteiger partial charge >= 0.3 is 6.03 Å². The van der Waals surface area contributed by atoms with Crippen LogP contribution in [-0.2, 0) is 6.42 Å². The van der Waals surface area contributed by atoms with E-state index in [4.69, 9.17) is 4.42 Å². The fraction of sp³-hybridized carbons (Fsp3) is 0.476. The van der Waals surface area contributed by atoms with E-state index >= 15 is 0 Å². The Morgan fingerprint density at radius 3 is 2.77 bits per heavy atom. The van der Waals surface area contributed by atoms with Crippen LogP contribution in [-0.4, -0.2) is 30.6 Å². The molecule has 2 amide bonds. The lowest BCUT2D eigenvalue weighted by atomic mass is 9.93. The second-order valence-electron chi connectivity index (χ2n) is 7.33. The Balaban J connectivity index is 1.43. The summed E-state index contributed by atoms with van der Waals surface area (Å²) in [6, 6.07) is 12.2. The minimum Gasteiger partial charge on any atom is -0.469 e. The largest absolute Gasteiger partial charge is 0.469 e. The van der Waals surface area contributed by atoms with Crippen molar-refractivity contribution in [3.63, 3.8) is 0 Å². The zero-order valence-electron chi connectivity index (χ0n) is 15.1. The summed E-state index contributed by atoms with van der Waals surface area (Å²) < 4.78 is 5.53. The summed E-state index contributed by atoms with van der Waals surface area (Å²) in [4.78, 5) is 15.2. The summed E-state index contributed by atoms with van der Waals surface area (Å²) in [6.07, 6.45) is 7.19. The predicted molar refractivity (Wildman–Crippen MR) is 101 cm³/mol. The van der Waals surface area contributed by atoms with Crippen LogP contribution in [0.4, 0.5) is 4.79 Å². The molecule has 0 radical (unpaired) electrons. The standard InChI is InChI=1S/C21H27N3O2/c25-21(22-18-9-6-10-20-17(18)11-14-26-20)23-19(15-24-12-4-5-13-24)16-7-2-1-3-8-16/h1-3,7-8,11,14,18-19H,4-6,9-10,12-13,15H2,(H2,22,23,25). The fourth-order valence-electron chi connectivity index (χ4n) is 4.14. The van der Waals surface area contributed by atoms with Gasteiger partial charge in [-0.05, 0) is 50.4 Å². The third-order valence-electron chi connectivity index (χ3n) is 5.50. The molecule has 5 heteroatoms. The molecule has 1 aromatic carbocycles. The number of hydrogen-bond acceptors (Lipinski definition) is 3. The number of aryl methyl sites for hydroxylation is 1. The number of carbonyl (C=O) groups excluding carboxylic acids is 1. The van der Waals surface area contributed by atoms with Crippen LogP contribution in [0.2, 0.25) is 0 Å². The second kappa shape index (κ2) is 7.96. The van der Waals surface area contributed by atoms with E-state index in [1.54, 1.807) is 6.26 Å². The molecule has 0 bridgehead atoms. The minimum absolute atomic E-state index is 0.00158. The third kappa shape index (κ3) is 3.93. The Hall–Kier alpha value is -2.27. The molecular weight excluding hydrogens is 326 g/mol. The quantitative estimate of drug-likeness (QED) is 0.860. The molecule has 2 aromatic rings. The number of rotatable bonds is 5. The SMILES string of the molecule is O=C(NC(CN1CCCC1)c1ccccc1)NC1CCCc2occc21. The average molecular weight is 353 g/mol. The average Bonchev–Trinajstić information content (AvgIpc) is 3.34. The van der Waals surface area contributed by atoms with Crippen molar-refractivity contribution in [2.45, 2.75) is 44.2 Å². The zero-order chi connectivity index (χ0) is 17.8. The van der Waals surface area contributed by atoms with Crippen molar-refractivity contribution in [2.75, 3.05) is 19.6 Å². The van der Waals surface area contributed by atoms with Gasteiger partial charge in [-0.2, -0.15) is 0 Å². The maximum Gasteiger partial charge on any atom is 0.315 e. The molecule has 1 saturated heterocycles. The highest BCUT2D eigenvalue weighted by molar-refractivity contribution is 5.75. The highest BCUT2D eigenvalue weighted by atomic mass is 16.3. The first kappa shape index (κ1) is 17.2. The topological polar surface area (TPSA) is 57.5 Å². The van der Waals surface area contributed by atoms with Gasteiger partial charge in [-0.25, -0.2) is 4.79 Å². The third-order valence-corrected chi connectivity index (χ3v) is 5.50. The highest BCUT2D eigenvalue weighted by Gasteiger charge is 2.26. The molecular formula is C21H27N3O2. The van der Waals surface area contributed by atoms with Crippen molar-refractivity contribution in [1.29, 1.82) is 0 Å². The molecule has 2 N–H and O–H groups in total. The normalized spacial score (nSPS) is 21.2. The summed E-state index contributed by atoms with van der Waals surface area (Å²) in [5, 5.41) is 6.37. The molecule has 1 fully saturated rings. The van der Waals surface area contributed by atoms with E-state index < -0.39 is 0 Å². The number of nitrogens with zero attached hydrogens (tertiary/aromatic N) is 1. The second-order valence-corrected chi connectivity index (χ2v) is 7.33. The van der Waals surface area contributed by atoms with E-state index in [1.165, 1.54) is 12.8 Å². The zero-order valence-corrected chi connectivity index (χ0v) is 15.1. The van der Waals surface area contributed by atoms with Crippen LogP contribution in [0.1, 0.15) is 54.7 Å². The van der Waals surface area contributed by atoms with Gasteiger partial charge in [0.05, 0.1) is 18.3 Å². The fourth-order valence-corrected chi connectivity index (χ4v) is 4.14. The molecule has 5 nitrogen and oxygen atoms in total. The summed E-state index contributed by atoms with van der Waals surface area (Å²) in [5.41, 5.74) is 2.28. The molecule has 2 unspecified atom stereocenters. The molecule has 1 aromatic heterocycles. The molecule has 2 heterocycles. The maximum absolute atomic E-state index is 12.7.